The summed E-state index contributed by atoms with van der Waals surface area (Å²) in [5, 5.41) is 14.1. The van der Waals surface area contributed by atoms with Crippen LogP contribution in [-0.4, -0.2) is 4.40 Å². The molecule has 17 rings (SSSR count). The average Bonchev–Trinajstić information content (AvgIpc) is 1.52. The van der Waals surface area contributed by atoms with E-state index in [4.69, 9.17) is 0 Å². The number of hydrogen-bond acceptors (Lipinski definition) is 4. The van der Waals surface area contributed by atoms with Gasteiger partial charge in [0.15, 0.2) is 0 Å². The maximum Gasteiger partial charge on any atom is 0.0618 e. The third kappa shape index (κ3) is 7.77. The standard InChI is InChI=1S/C81H63N3S2/c1-79(2,3)54-22-26-56(27-23-54)82(59-32-36-72-66(45-59)64-38-49-18-12-14-20-51(49)42-74(64)85-72)58-31-35-71-63(44-58)68-40-53(48-16-10-9-11-17-48)41-69-76-62-34-30-61(47-70(62)81(7,8)78(76)84(71)77(68)69)83(57-28-24-55(25-29-57)80(4,5)6)60-33-37-73-67(46-60)65-39-50-19-13-15-21-52(50)43-75(65)86-73/h9-47H,1-8H3. The maximum atomic E-state index is 2.65. The lowest BCUT2D eigenvalue weighted by atomic mass is 9.85. The van der Waals surface area contributed by atoms with E-state index in [1.54, 1.807) is 0 Å². The van der Waals surface area contributed by atoms with E-state index in [1.807, 2.05) is 22.7 Å². The highest BCUT2D eigenvalue weighted by atomic mass is 32.1. The van der Waals surface area contributed by atoms with Crippen LogP contribution in [0, 0.1) is 0 Å². The van der Waals surface area contributed by atoms with Gasteiger partial charge in [-0.25, -0.2) is 0 Å². The lowest BCUT2D eigenvalue weighted by molar-refractivity contribution is 0.590. The molecule has 0 amide bonds. The number of aromatic nitrogens is 1. The van der Waals surface area contributed by atoms with Gasteiger partial charge in [-0.2, -0.15) is 0 Å². The molecule has 0 spiro atoms. The Labute approximate surface area is 509 Å². The summed E-state index contributed by atoms with van der Waals surface area (Å²) < 4.78 is 7.87. The van der Waals surface area contributed by atoms with E-state index in [-0.39, 0.29) is 16.2 Å². The van der Waals surface area contributed by atoms with E-state index in [0.29, 0.717) is 0 Å². The first-order valence-corrected chi connectivity index (χ1v) is 31.8. The molecule has 0 fully saturated rings. The highest BCUT2D eigenvalue weighted by Gasteiger charge is 2.42. The van der Waals surface area contributed by atoms with Crippen LogP contribution in [0.25, 0.3) is 111 Å². The molecule has 4 aromatic heterocycles. The fraction of sp³-hybridized carbons (Fsp3) is 0.136. The molecule has 0 saturated carbocycles. The molecule has 0 radical (unpaired) electrons. The largest absolute Gasteiger partial charge is 0.311 e. The second-order valence-corrected chi connectivity index (χ2v) is 28.8. The van der Waals surface area contributed by atoms with Crippen LogP contribution < -0.4 is 9.80 Å². The van der Waals surface area contributed by atoms with Gasteiger partial charge in [0.2, 0.25) is 0 Å². The molecule has 1 aliphatic rings. The van der Waals surface area contributed by atoms with Crippen LogP contribution in [0.2, 0.25) is 0 Å². The van der Waals surface area contributed by atoms with Crippen molar-refractivity contribution in [3.63, 3.8) is 0 Å². The van der Waals surface area contributed by atoms with Gasteiger partial charge in [-0.15, -0.1) is 22.7 Å². The quantitative estimate of drug-likeness (QED) is 0.157. The van der Waals surface area contributed by atoms with Crippen molar-refractivity contribution in [2.45, 2.75) is 71.6 Å². The Morgan fingerprint density at radius 1 is 0.349 bits per heavy atom. The van der Waals surface area contributed by atoms with Crippen molar-refractivity contribution in [2.75, 3.05) is 9.80 Å². The molecule has 4 heterocycles. The Morgan fingerprint density at radius 3 is 1.30 bits per heavy atom. The van der Waals surface area contributed by atoms with E-state index in [1.165, 1.54) is 134 Å². The van der Waals surface area contributed by atoms with Gasteiger partial charge in [0.25, 0.3) is 0 Å². The summed E-state index contributed by atoms with van der Waals surface area (Å²) in [6.07, 6.45) is 0. The number of nitrogens with zero attached hydrogens (tertiary/aromatic N) is 3. The zero-order chi connectivity index (χ0) is 58.1. The predicted octanol–water partition coefficient (Wildman–Crippen LogP) is 24.2. The van der Waals surface area contributed by atoms with Gasteiger partial charge in [0, 0.05) is 107 Å². The minimum absolute atomic E-state index is 0.0228. The Bertz CT molecular complexity index is 5450. The van der Waals surface area contributed by atoms with Crippen molar-refractivity contribution in [3.05, 3.63) is 259 Å². The highest BCUT2D eigenvalue weighted by molar-refractivity contribution is 7.26. The van der Waals surface area contributed by atoms with Crippen LogP contribution in [-0.2, 0) is 16.2 Å². The molecule has 414 valence electrons. The summed E-state index contributed by atoms with van der Waals surface area (Å²) in [6.45, 7) is 18.7. The summed E-state index contributed by atoms with van der Waals surface area (Å²) in [6, 6.07) is 90.3. The van der Waals surface area contributed by atoms with Gasteiger partial charge in [-0.05, 0) is 193 Å². The highest BCUT2D eigenvalue weighted by Crippen LogP contribution is 2.58. The van der Waals surface area contributed by atoms with Gasteiger partial charge in [0.05, 0.1) is 11.0 Å². The molecular formula is C81H63N3S2. The third-order valence-corrected chi connectivity index (χ3v) is 21.1. The Hall–Kier alpha value is -9.26. The van der Waals surface area contributed by atoms with Crippen LogP contribution in [0.1, 0.15) is 77.8 Å². The van der Waals surface area contributed by atoms with Crippen LogP contribution >= 0.6 is 22.7 Å². The minimum Gasteiger partial charge on any atom is -0.311 e. The summed E-state index contributed by atoms with van der Waals surface area (Å²) in [4.78, 5) is 4.97. The van der Waals surface area contributed by atoms with E-state index in [2.05, 4.69) is 306 Å². The Kier molecular flexibility index (Phi) is 10.9. The molecule has 16 aromatic rings. The van der Waals surface area contributed by atoms with Crippen LogP contribution in [0.15, 0.2) is 237 Å². The van der Waals surface area contributed by atoms with Crippen LogP contribution in [0.5, 0.6) is 0 Å². The monoisotopic (exact) mass is 1140 g/mol. The second-order valence-electron chi connectivity index (χ2n) is 26.6. The molecule has 0 N–H and O–H groups in total. The van der Waals surface area contributed by atoms with E-state index in [0.717, 1.165) is 34.1 Å². The molecule has 0 bridgehead atoms. The lowest BCUT2D eigenvalue weighted by Gasteiger charge is -2.29. The smallest absolute Gasteiger partial charge is 0.0618 e. The second kappa shape index (κ2) is 18.4. The maximum absolute atomic E-state index is 2.65. The number of hydrogen-bond donors (Lipinski definition) is 0. The summed E-state index contributed by atoms with van der Waals surface area (Å²) in [5.41, 5.74) is 19.4. The first kappa shape index (κ1) is 51.2. The van der Waals surface area contributed by atoms with E-state index in [9.17, 15) is 0 Å². The first-order chi connectivity index (χ1) is 41.6. The molecule has 12 aromatic carbocycles. The molecule has 86 heavy (non-hydrogen) atoms. The SMILES string of the molecule is CC(C)(C)c1ccc(N(c2ccc3c(c2)C(C)(C)c2c-3c3cc(-c4ccccc4)cc4c5cc(N(c6ccc(C(C)(C)C)cc6)c6ccc7sc8cc9ccccc9cc8c7c6)ccc5n2c34)c2ccc3sc4cc5ccccc5cc4c3c2)cc1. The first-order valence-electron chi connectivity index (χ1n) is 30.2. The molecule has 5 heteroatoms. The molecule has 0 saturated heterocycles. The minimum atomic E-state index is -0.370. The zero-order valence-electron chi connectivity index (χ0n) is 49.7. The number of thiophene rings is 2. The van der Waals surface area contributed by atoms with Crippen LogP contribution in [0.4, 0.5) is 34.1 Å². The summed E-state index contributed by atoms with van der Waals surface area (Å²) >= 11 is 3.77. The van der Waals surface area contributed by atoms with Crippen molar-refractivity contribution in [1.82, 2.24) is 4.40 Å². The average molecular weight is 1140 g/mol. The van der Waals surface area contributed by atoms with Crippen molar-refractivity contribution in [1.29, 1.82) is 0 Å². The van der Waals surface area contributed by atoms with Gasteiger partial charge >= 0.3 is 0 Å². The topological polar surface area (TPSA) is 10.9 Å². The number of fused-ring (bicyclic) bond motifs is 16. The predicted molar refractivity (Wildman–Crippen MR) is 374 cm³/mol. The molecule has 0 atom stereocenters. The van der Waals surface area contributed by atoms with Crippen molar-refractivity contribution in [2.24, 2.45) is 0 Å². The summed E-state index contributed by atoms with van der Waals surface area (Å²) in [7, 11) is 0. The lowest BCUT2D eigenvalue weighted by Crippen LogP contribution is -2.19. The zero-order valence-corrected chi connectivity index (χ0v) is 51.3. The molecular weight excluding hydrogens is 1080 g/mol. The molecule has 0 unspecified atom stereocenters. The van der Waals surface area contributed by atoms with Crippen molar-refractivity contribution in [3.8, 4) is 22.3 Å². The molecule has 1 aliphatic carbocycles. The Morgan fingerprint density at radius 2 is 0.779 bits per heavy atom. The summed E-state index contributed by atoms with van der Waals surface area (Å²) in [5.74, 6) is 0. The fourth-order valence-electron chi connectivity index (χ4n) is 14.4. The number of benzene rings is 12. The number of rotatable bonds is 7. The number of anilines is 6. The van der Waals surface area contributed by atoms with Gasteiger partial charge in [0.1, 0.15) is 0 Å². The normalized spacial score (nSPS) is 13.4. The van der Waals surface area contributed by atoms with Gasteiger partial charge in [-0.3, -0.25) is 0 Å². The molecule has 3 nitrogen and oxygen atoms in total. The van der Waals surface area contributed by atoms with Crippen molar-refractivity contribution >= 4 is 146 Å². The fourth-order valence-corrected chi connectivity index (χ4v) is 16.7. The molecule has 0 aliphatic heterocycles. The third-order valence-electron chi connectivity index (χ3n) is 18.9. The van der Waals surface area contributed by atoms with Gasteiger partial charge < -0.3 is 14.2 Å². The Balaban J connectivity index is 0.856. The van der Waals surface area contributed by atoms with Gasteiger partial charge in [-0.1, -0.05) is 165 Å². The van der Waals surface area contributed by atoms with E-state index >= 15 is 0 Å². The van der Waals surface area contributed by atoms with E-state index < -0.39 is 0 Å². The van der Waals surface area contributed by atoms with Crippen LogP contribution in [0.3, 0.4) is 0 Å². The van der Waals surface area contributed by atoms with Crippen molar-refractivity contribution < 1.29 is 0 Å².